The number of carboxylic acid groups (broad SMARTS) is 1. The van der Waals surface area contributed by atoms with Crippen LogP contribution in [0.15, 0.2) is 16.9 Å². The van der Waals surface area contributed by atoms with Crippen molar-refractivity contribution in [3.63, 3.8) is 0 Å². The second-order valence-electron chi connectivity index (χ2n) is 11.0. The Hall–Kier alpha value is -4.16. The number of carbonyl (C=O) groups excluding carboxylic acids is 2. The maximum absolute atomic E-state index is 15.0. The van der Waals surface area contributed by atoms with E-state index < -0.39 is 46.9 Å². The largest absolute Gasteiger partial charge is 0.481 e. The molecule has 4 heterocycles. The zero-order valence-electron chi connectivity index (χ0n) is 22.5. The summed E-state index contributed by atoms with van der Waals surface area (Å²) in [5.74, 6) is -2.82. The quantitative estimate of drug-likeness (QED) is 0.255. The van der Waals surface area contributed by atoms with E-state index in [0.717, 1.165) is 5.56 Å². The molecule has 2 aliphatic heterocycles. The predicted octanol–water partition coefficient (Wildman–Crippen LogP) is 1.82. The van der Waals surface area contributed by atoms with Crippen LogP contribution in [-0.2, 0) is 44.3 Å². The van der Waals surface area contributed by atoms with Crippen LogP contribution < -0.4 is 16.6 Å². The van der Waals surface area contributed by atoms with Gasteiger partial charge in [-0.25, -0.2) is 14.2 Å². The highest BCUT2D eigenvalue weighted by Crippen LogP contribution is 2.45. The van der Waals surface area contributed by atoms with Crippen LogP contribution in [0.3, 0.4) is 0 Å². The van der Waals surface area contributed by atoms with Gasteiger partial charge in [0, 0.05) is 29.0 Å². The van der Waals surface area contributed by atoms with Crippen LogP contribution in [0.25, 0.3) is 22.3 Å². The summed E-state index contributed by atoms with van der Waals surface area (Å²) in [7, 11) is 0. The fourth-order valence-corrected chi connectivity index (χ4v) is 6.39. The molecule has 0 radical (unpaired) electrons. The molecule has 0 unspecified atom stereocenters. The van der Waals surface area contributed by atoms with E-state index in [2.05, 4.69) is 5.32 Å². The summed E-state index contributed by atoms with van der Waals surface area (Å²) in [4.78, 5) is 55.0. The Labute approximate surface area is 233 Å². The Morgan fingerprint density at radius 2 is 2.05 bits per heavy atom. The number of carbonyl (C=O) groups is 3. The van der Waals surface area contributed by atoms with Crippen LogP contribution in [0.4, 0.5) is 4.39 Å². The Bertz CT molecular complexity index is 1750. The van der Waals surface area contributed by atoms with Gasteiger partial charge in [0.2, 0.25) is 5.91 Å². The maximum Gasteiger partial charge on any atom is 0.343 e. The van der Waals surface area contributed by atoms with Gasteiger partial charge < -0.3 is 30.6 Å². The van der Waals surface area contributed by atoms with Crippen molar-refractivity contribution in [3.8, 4) is 11.4 Å². The number of aliphatic carboxylic acids is 1. The van der Waals surface area contributed by atoms with E-state index in [0.29, 0.717) is 51.8 Å². The minimum absolute atomic E-state index is 0.00489. The summed E-state index contributed by atoms with van der Waals surface area (Å²) in [6.45, 7) is 3.15. The van der Waals surface area contributed by atoms with Crippen molar-refractivity contribution in [1.82, 2.24) is 14.9 Å². The van der Waals surface area contributed by atoms with Crippen LogP contribution in [0, 0.1) is 12.7 Å². The summed E-state index contributed by atoms with van der Waals surface area (Å²) < 4.78 is 21.7. The van der Waals surface area contributed by atoms with Crippen LogP contribution in [0.5, 0.6) is 0 Å². The van der Waals surface area contributed by atoms with Crippen molar-refractivity contribution in [2.75, 3.05) is 0 Å². The average molecular weight is 565 g/mol. The number of hydrogen-bond donors (Lipinski definition) is 4. The number of aromatic nitrogens is 2. The molecular weight excluding hydrogens is 535 g/mol. The lowest BCUT2D eigenvalue weighted by molar-refractivity contribution is -0.172. The van der Waals surface area contributed by atoms with E-state index in [1.807, 2.05) is 0 Å². The van der Waals surface area contributed by atoms with Gasteiger partial charge in [-0.2, -0.15) is 0 Å². The van der Waals surface area contributed by atoms with Crippen molar-refractivity contribution >= 4 is 28.7 Å². The molecule has 3 aromatic rings. The number of cyclic esters (lactones) is 1. The number of esters is 1. The number of nitrogens with two attached hydrogens (primary N) is 1. The average Bonchev–Trinajstić information content (AvgIpc) is 3.31. The summed E-state index contributed by atoms with van der Waals surface area (Å²) >= 11 is 0. The number of hydrogen-bond acceptors (Lipinski definition) is 8. The molecule has 0 bridgehead atoms. The highest BCUT2D eigenvalue weighted by Gasteiger charge is 2.46. The number of ether oxygens (including phenoxy) is 1. The Morgan fingerprint density at radius 3 is 2.76 bits per heavy atom. The lowest BCUT2D eigenvalue weighted by Crippen LogP contribution is -2.44. The number of nitrogens with zero attached hydrogens (tertiary/aromatic N) is 2. The fourth-order valence-electron chi connectivity index (χ4n) is 6.39. The number of benzene rings is 1. The maximum atomic E-state index is 15.0. The second kappa shape index (κ2) is 9.45. The van der Waals surface area contributed by atoms with Gasteiger partial charge in [-0.3, -0.25) is 14.4 Å². The molecule has 12 heteroatoms. The van der Waals surface area contributed by atoms with Crippen molar-refractivity contribution in [2.45, 2.75) is 76.8 Å². The van der Waals surface area contributed by atoms with Gasteiger partial charge in [-0.15, -0.1) is 0 Å². The van der Waals surface area contributed by atoms with Crippen molar-refractivity contribution in [1.29, 1.82) is 0 Å². The molecule has 3 aliphatic rings. The van der Waals surface area contributed by atoms with Crippen LogP contribution in [-0.4, -0.2) is 43.7 Å². The van der Waals surface area contributed by atoms with E-state index in [4.69, 9.17) is 20.6 Å². The van der Waals surface area contributed by atoms with Gasteiger partial charge in [0.15, 0.2) is 5.60 Å². The van der Waals surface area contributed by atoms with E-state index in [1.165, 1.54) is 10.6 Å². The number of halogens is 1. The lowest BCUT2D eigenvalue weighted by Gasteiger charge is -2.31. The number of rotatable bonds is 6. The molecule has 1 aliphatic carbocycles. The number of carboxylic acids is 1. The molecule has 0 spiro atoms. The number of fused-ring (bicyclic) bond motifs is 5. The molecule has 1 aromatic carbocycles. The van der Waals surface area contributed by atoms with Gasteiger partial charge in [-0.05, 0) is 55.4 Å². The molecule has 0 fully saturated rings. The van der Waals surface area contributed by atoms with Gasteiger partial charge >= 0.3 is 11.9 Å². The molecule has 3 atom stereocenters. The summed E-state index contributed by atoms with van der Waals surface area (Å²) in [6, 6.07) is 1.33. The topological polar surface area (TPSA) is 174 Å². The first-order valence-corrected chi connectivity index (χ1v) is 13.6. The van der Waals surface area contributed by atoms with Gasteiger partial charge in [0.1, 0.15) is 12.4 Å². The zero-order chi connectivity index (χ0) is 29.4. The van der Waals surface area contributed by atoms with Crippen LogP contribution in [0.1, 0.15) is 72.0 Å². The predicted molar refractivity (Wildman–Crippen MR) is 143 cm³/mol. The van der Waals surface area contributed by atoms with Crippen LogP contribution in [0.2, 0.25) is 0 Å². The van der Waals surface area contributed by atoms with Gasteiger partial charge in [-0.1, -0.05) is 6.92 Å². The zero-order valence-corrected chi connectivity index (χ0v) is 22.5. The van der Waals surface area contributed by atoms with Crippen molar-refractivity contribution < 1.29 is 33.7 Å². The Balaban J connectivity index is 1.54. The SMILES string of the molecule is CC[C@@]1(O)C(=O)OCc2c1cc1n(c2=O)Cc2c-1nc1cc(F)c(C)c3c1c2[C@@H](NC(=O)[C@@H](N)CCC(=O)O)CC3. The minimum atomic E-state index is -1.99. The number of amides is 1. The standard InChI is InChI=1S/C29H29FN4O7/c1-3-29(40)16-8-21-25-14(10-34(21)27(38)15(16)11-41-28(29)39)24-19(33-26(37)18(31)5-7-22(35)36)6-4-13-12(2)17(30)9-20(32-25)23(13)24/h8-9,18-19,40H,3-7,10-11,31H2,1-2H3,(H,33,37)(H,35,36)/t18-,19-,29-/m0/s1. The minimum Gasteiger partial charge on any atom is -0.481 e. The molecular formula is C29H29FN4O7. The second-order valence-corrected chi connectivity index (χ2v) is 11.0. The number of aliphatic hydroxyl groups is 1. The highest BCUT2D eigenvalue weighted by molar-refractivity contribution is 5.94. The smallest absolute Gasteiger partial charge is 0.343 e. The van der Waals surface area contributed by atoms with E-state index >= 15 is 4.39 Å². The van der Waals surface area contributed by atoms with Crippen LogP contribution >= 0.6 is 0 Å². The van der Waals surface area contributed by atoms with E-state index in [9.17, 15) is 24.3 Å². The summed E-state index contributed by atoms with van der Waals surface area (Å²) in [6.07, 6.45) is 0.600. The third-order valence-electron chi connectivity index (χ3n) is 8.70. The van der Waals surface area contributed by atoms with Crippen molar-refractivity contribution in [2.24, 2.45) is 5.73 Å². The first-order chi connectivity index (χ1) is 19.5. The molecule has 5 N–H and O–H groups in total. The normalized spacial score (nSPS) is 21.1. The fraction of sp³-hybridized carbons (Fsp3) is 0.414. The van der Waals surface area contributed by atoms with Gasteiger partial charge in [0.05, 0.1) is 41.1 Å². The highest BCUT2D eigenvalue weighted by atomic mass is 19.1. The molecule has 214 valence electrons. The Morgan fingerprint density at radius 1 is 1.29 bits per heavy atom. The first kappa shape index (κ1) is 27.0. The number of pyridine rings is 2. The molecule has 41 heavy (non-hydrogen) atoms. The van der Waals surface area contributed by atoms with Crippen molar-refractivity contribution in [3.05, 3.63) is 61.7 Å². The molecule has 0 saturated heterocycles. The van der Waals surface area contributed by atoms with E-state index in [1.54, 1.807) is 19.9 Å². The molecule has 1 amide bonds. The molecule has 11 nitrogen and oxygen atoms in total. The summed E-state index contributed by atoms with van der Waals surface area (Å²) in [5.41, 5.74) is 7.67. The molecule has 6 rings (SSSR count). The number of aryl methyl sites for hydroxylation is 1. The monoisotopic (exact) mass is 564 g/mol. The summed E-state index contributed by atoms with van der Waals surface area (Å²) in [5, 5.41) is 23.8. The Kier molecular flexibility index (Phi) is 6.23. The molecule has 0 saturated carbocycles. The molecule has 2 aromatic heterocycles. The third kappa shape index (κ3) is 3.96. The lowest BCUT2D eigenvalue weighted by atomic mass is 9.81. The van der Waals surface area contributed by atoms with Gasteiger partial charge in [0.25, 0.3) is 5.56 Å². The third-order valence-corrected chi connectivity index (χ3v) is 8.70. The number of nitrogens with one attached hydrogen (secondary N) is 1. The first-order valence-electron chi connectivity index (χ1n) is 13.6. The van der Waals surface area contributed by atoms with E-state index in [-0.39, 0.29) is 43.5 Å².